The number of ether oxygens (including phenoxy) is 3. The van der Waals surface area contributed by atoms with Crippen LogP contribution in [0.1, 0.15) is 65.4 Å². The predicted molar refractivity (Wildman–Crippen MR) is 156 cm³/mol. The van der Waals surface area contributed by atoms with Crippen LogP contribution in [0.5, 0.6) is 5.75 Å². The number of unbranched alkanes of at least 4 members (excludes halogenated alkanes) is 1. The van der Waals surface area contributed by atoms with E-state index in [0.29, 0.717) is 31.6 Å². The Morgan fingerprint density at radius 3 is 2.38 bits per heavy atom. The predicted octanol–water partition coefficient (Wildman–Crippen LogP) is 2.30. The Labute approximate surface area is 247 Å². The number of alkyl carbamates (subject to hydrolysis) is 1. The molecule has 2 aliphatic rings. The van der Waals surface area contributed by atoms with Crippen LogP contribution in [0.4, 0.5) is 4.79 Å². The molecule has 0 fully saturated rings. The van der Waals surface area contributed by atoms with Crippen LogP contribution in [0.2, 0.25) is 0 Å². The molecule has 232 valence electrons. The zero-order chi connectivity index (χ0) is 31.1. The molecule has 0 radical (unpaired) electrons. The van der Waals surface area contributed by atoms with Crippen molar-refractivity contribution >= 4 is 29.8 Å². The molecule has 3 rings (SSSR count). The highest BCUT2D eigenvalue weighted by atomic mass is 16.6. The highest BCUT2D eigenvalue weighted by Gasteiger charge is 2.28. The van der Waals surface area contributed by atoms with E-state index in [2.05, 4.69) is 21.3 Å². The first-order valence-corrected chi connectivity index (χ1v) is 14.1. The molecule has 0 saturated heterocycles. The fourth-order valence-corrected chi connectivity index (χ4v) is 4.18. The third kappa shape index (κ3) is 13.5. The summed E-state index contributed by atoms with van der Waals surface area (Å²) in [6.07, 6.45) is 4.80. The van der Waals surface area contributed by atoms with E-state index in [4.69, 9.17) is 14.2 Å². The third-order valence-corrected chi connectivity index (χ3v) is 6.20. The summed E-state index contributed by atoms with van der Waals surface area (Å²) in [7, 11) is 1.27. The van der Waals surface area contributed by atoms with Crippen LogP contribution in [0.15, 0.2) is 36.4 Å². The zero-order valence-corrected chi connectivity index (χ0v) is 25.1. The molecule has 0 aliphatic carbocycles. The zero-order valence-electron chi connectivity index (χ0n) is 25.1. The quantitative estimate of drug-likeness (QED) is 0.204. The van der Waals surface area contributed by atoms with Crippen molar-refractivity contribution in [1.29, 1.82) is 0 Å². The minimum atomic E-state index is -0.958. The van der Waals surface area contributed by atoms with Gasteiger partial charge in [0.15, 0.2) is 0 Å². The number of amides is 4. The second-order valence-corrected chi connectivity index (χ2v) is 11.1. The molecule has 4 N–H and O–H groups in total. The van der Waals surface area contributed by atoms with Crippen LogP contribution < -0.4 is 26.0 Å². The average molecular weight is 589 g/mol. The molecule has 1 aromatic rings. The van der Waals surface area contributed by atoms with E-state index in [1.54, 1.807) is 39.0 Å². The van der Waals surface area contributed by atoms with Crippen molar-refractivity contribution < 1.29 is 38.2 Å². The minimum absolute atomic E-state index is 0.0659. The normalized spacial score (nSPS) is 19.9. The molecule has 0 aromatic heterocycles. The van der Waals surface area contributed by atoms with Gasteiger partial charge in [0.25, 0.3) is 0 Å². The number of nitrogens with one attached hydrogen (secondary N) is 4. The number of benzene rings is 1. The van der Waals surface area contributed by atoms with Crippen molar-refractivity contribution in [2.75, 3.05) is 20.3 Å². The van der Waals surface area contributed by atoms with Crippen LogP contribution >= 0.6 is 0 Å². The first kappa shape index (κ1) is 34.1. The van der Waals surface area contributed by atoms with Gasteiger partial charge in [-0.25, -0.2) is 4.79 Å². The van der Waals surface area contributed by atoms with Crippen LogP contribution in [0.25, 0.3) is 0 Å². The smallest absolute Gasteiger partial charge is 0.407 e. The van der Waals surface area contributed by atoms with Gasteiger partial charge in [-0.3, -0.25) is 19.2 Å². The maximum atomic E-state index is 13.4. The highest BCUT2D eigenvalue weighted by molar-refractivity contribution is 5.92. The van der Waals surface area contributed by atoms with Gasteiger partial charge in [0.1, 0.15) is 30.0 Å². The summed E-state index contributed by atoms with van der Waals surface area (Å²) in [5.41, 5.74) is 0.175. The number of rotatable bonds is 8. The van der Waals surface area contributed by atoms with Crippen LogP contribution in [-0.2, 0) is 35.1 Å². The van der Waals surface area contributed by atoms with E-state index < -0.39 is 47.6 Å². The van der Waals surface area contributed by atoms with Crippen molar-refractivity contribution in [2.24, 2.45) is 0 Å². The van der Waals surface area contributed by atoms with Gasteiger partial charge in [-0.1, -0.05) is 24.3 Å². The fourth-order valence-electron chi connectivity index (χ4n) is 4.18. The van der Waals surface area contributed by atoms with Crippen LogP contribution in [-0.4, -0.2) is 73.8 Å². The monoisotopic (exact) mass is 588 g/mol. The molecule has 0 saturated carbocycles. The molecule has 12 nitrogen and oxygen atoms in total. The van der Waals surface area contributed by atoms with Crippen LogP contribution in [0.3, 0.4) is 0 Å². The lowest BCUT2D eigenvalue weighted by Gasteiger charge is -2.25. The maximum absolute atomic E-state index is 13.4. The molecular weight excluding hydrogens is 544 g/mol. The van der Waals surface area contributed by atoms with Crippen LogP contribution in [0, 0.1) is 0 Å². The second kappa shape index (κ2) is 17.0. The number of carbonyl (C=O) groups is 5. The molecule has 3 atom stereocenters. The van der Waals surface area contributed by atoms with Crippen molar-refractivity contribution in [1.82, 2.24) is 21.3 Å². The number of fused-ring (bicyclic) bond motifs is 13. The van der Waals surface area contributed by atoms with E-state index in [9.17, 15) is 24.0 Å². The standard InChI is InChI=1S/C30H44N4O8/c1-20(35)32-25-18-21-12-14-23(15-13-21)41-17-9-7-10-22(19-26(36)40-5)33-27(37)24(34-28(25)38)11-6-8-16-31-29(39)42-30(2,3)4/h7,9,12-15,22,24-25H,6,8,10-11,16-19H2,1-5H3,(H,31,39)(H,32,35)(H,33,37)(H,34,38)/t22-,24-,25-/m0/s1. The van der Waals surface area contributed by atoms with Gasteiger partial charge in [-0.2, -0.15) is 0 Å². The van der Waals surface area contributed by atoms with Gasteiger partial charge in [0.2, 0.25) is 17.7 Å². The molecule has 4 amide bonds. The van der Waals surface area contributed by atoms with Gasteiger partial charge in [-0.05, 0) is 64.2 Å². The van der Waals surface area contributed by atoms with Crippen molar-refractivity contribution in [2.45, 2.75) is 89.9 Å². The summed E-state index contributed by atoms with van der Waals surface area (Å²) in [5.74, 6) is -1.24. The van der Waals surface area contributed by atoms with E-state index in [0.717, 1.165) is 5.56 Å². The molecule has 1 aromatic carbocycles. The first-order valence-electron chi connectivity index (χ1n) is 14.1. The Morgan fingerprint density at radius 1 is 1.02 bits per heavy atom. The summed E-state index contributed by atoms with van der Waals surface area (Å²) >= 11 is 0. The SMILES string of the molecule is COC(=O)C[C@@H]1CC=CCOc2ccc(cc2)C[C@H](NC(C)=O)C(=O)N[C@@H](CCCCNC(=O)OC(C)(C)C)C(=O)N1. The topological polar surface area (TPSA) is 161 Å². The van der Waals surface area contributed by atoms with E-state index >= 15 is 0 Å². The van der Waals surface area contributed by atoms with Gasteiger partial charge >= 0.3 is 12.1 Å². The molecule has 2 heterocycles. The van der Waals surface area contributed by atoms with E-state index in [1.807, 2.05) is 18.2 Å². The Balaban J connectivity index is 2.22. The maximum Gasteiger partial charge on any atom is 0.407 e. The van der Waals surface area contributed by atoms with E-state index in [1.165, 1.54) is 14.0 Å². The van der Waals surface area contributed by atoms with Crippen molar-refractivity contribution in [3.8, 4) is 5.75 Å². The first-order chi connectivity index (χ1) is 19.9. The lowest BCUT2D eigenvalue weighted by molar-refractivity contribution is -0.141. The largest absolute Gasteiger partial charge is 0.490 e. The lowest BCUT2D eigenvalue weighted by Crippen LogP contribution is -2.55. The fraction of sp³-hybridized carbons (Fsp3) is 0.567. The minimum Gasteiger partial charge on any atom is -0.490 e. The molecule has 0 unspecified atom stereocenters. The molecule has 2 bridgehead atoms. The summed E-state index contributed by atoms with van der Waals surface area (Å²) in [6.45, 7) is 7.23. The van der Waals surface area contributed by atoms with Gasteiger partial charge in [0.05, 0.1) is 13.5 Å². The summed E-state index contributed by atoms with van der Waals surface area (Å²) in [4.78, 5) is 62.7. The lowest BCUT2D eigenvalue weighted by atomic mass is 10.0. The van der Waals surface area contributed by atoms with Crippen molar-refractivity contribution in [3.05, 3.63) is 42.0 Å². The summed E-state index contributed by atoms with van der Waals surface area (Å²) < 4.78 is 15.8. The average Bonchev–Trinajstić information content (AvgIpc) is 2.90. The molecule has 2 aliphatic heterocycles. The van der Waals surface area contributed by atoms with Crippen molar-refractivity contribution in [3.63, 3.8) is 0 Å². The number of hydrogen-bond acceptors (Lipinski definition) is 8. The van der Waals surface area contributed by atoms with Gasteiger partial charge in [-0.15, -0.1) is 0 Å². The number of esters is 1. The Kier molecular flexibility index (Phi) is 13.8. The number of carbonyl (C=O) groups excluding carboxylic acids is 5. The molecule has 42 heavy (non-hydrogen) atoms. The van der Waals surface area contributed by atoms with E-state index in [-0.39, 0.29) is 31.8 Å². The second-order valence-electron chi connectivity index (χ2n) is 11.1. The summed E-state index contributed by atoms with van der Waals surface area (Å²) in [6, 6.07) is 4.71. The molecular formula is C30H44N4O8. The highest BCUT2D eigenvalue weighted by Crippen LogP contribution is 2.15. The summed E-state index contributed by atoms with van der Waals surface area (Å²) in [5, 5.41) is 11.0. The number of hydrogen-bond donors (Lipinski definition) is 4. The van der Waals surface area contributed by atoms with Gasteiger partial charge in [0, 0.05) is 25.9 Å². The molecule has 0 spiro atoms. The Hall–Kier alpha value is -4.09. The third-order valence-electron chi connectivity index (χ3n) is 6.20. The molecule has 12 heteroatoms. The Morgan fingerprint density at radius 2 is 1.74 bits per heavy atom. The van der Waals surface area contributed by atoms with Gasteiger partial charge < -0.3 is 35.5 Å². The Bertz CT molecular complexity index is 1100. The number of methoxy groups -OCH3 is 1.